The number of hydrogen-bond donors (Lipinski definition) is 1. The Labute approximate surface area is 178 Å². The number of carboxylic acid groups (broad SMARTS) is 1. The first kappa shape index (κ1) is 19.7. The highest BCUT2D eigenvalue weighted by Gasteiger charge is 2.36. The van der Waals surface area contributed by atoms with Gasteiger partial charge in [-0.15, -0.1) is 11.3 Å². The van der Waals surface area contributed by atoms with Crippen LogP contribution in [0.2, 0.25) is 0 Å². The van der Waals surface area contributed by atoms with Crippen LogP contribution in [0.15, 0.2) is 48.1 Å². The Morgan fingerprint density at radius 2 is 2.03 bits per heavy atom. The van der Waals surface area contributed by atoms with Crippen molar-refractivity contribution < 1.29 is 23.1 Å². The third kappa shape index (κ3) is 3.48. The summed E-state index contributed by atoms with van der Waals surface area (Å²) in [5.74, 6) is -0.677. The molecule has 0 spiro atoms. The number of pyridine rings is 1. The molecule has 158 valence electrons. The number of rotatable bonds is 5. The van der Waals surface area contributed by atoms with E-state index in [0.717, 1.165) is 18.9 Å². The predicted molar refractivity (Wildman–Crippen MR) is 110 cm³/mol. The van der Waals surface area contributed by atoms with E-state index in [1.165, 1.54) is 22.0 Å². The van der Waals surface area contributed by atoms with Gasteiger partial charge in [-0.3, -0.25) is 4.98 Å². The monoisotopic (exact) mass is 443 g/mol. The lowest BCUT2D eigenvalue weighted by Gasteiger charge is -2.13. The summed E-state index contributed by atoms with van der Waals surface area (Å²) < 4.78 is 43.0. The van der Waals surface area contributed by atoms with Gasteiger partial charge in [0.1, 0.15) is 5.82 Å². The molecule has 0 aliphatic heterocycles. The van der Waals surface area contributed by atoms with Crippen molar-refractivity contribution in [3.8, 4) is 11.4 Å². The Morgan fingerprint density at radius 3 is 2.68 bits per heavy atom. The van der Waals surface area contributed by atoms with E-state index in [2.05, 4.69) is 9.97 Å². The fourth-order valence-corrected chi connectivity index (χ4v) is 4.86. The molecule has 0 saturated heterocycles. The highest BCUT2D eigenvalue weighted by Crippen LogP contribution is 2.43. The number of benzene rings is 1. The number of imidazole rings is 1. The summed E-state index contributed by atoms with van der Waals surface area (Å²) in [7, 11) is 0. The fourth-order valence-electron chi connectivity index (χ4n) is 3.88. The number of fused-ring (bicyclic) bond motifs is 1. The molecule has 0 bridgehead atoms. The lowest BCUT2D eigenvalue weighted by Crippen LogP contribution is -2.13. The molecule has 3 aromatic heterocycles. The summed E-state index contributed by atoms with van der Waals surface area (Å²) in [5, 5.41) is 11.7. The number of thiophene rings is 1. The maximum atomic E-state index is 13.7. The molecule has 1 aromatic carbocycles. The van der Waals surface area contributed by atoms with Crippen LogP contribution in [0.1, 0.15) is 46.1 Å². The van der Waals surface area contributed by atoms with E-state index in [4.69, 9.17) is 0 Å². The number of aromatic carboxylic acids is 1. The van der Waals surface area contributed by atoms with E-state index in [1.54, 1.807) is 36.0 Å². The Bertz CT molecular complexity index is 1290. The van der Waals surface area contributed by atoms with Gasteiger partial charge >= 0.3 is 12.1 Å². The minimum absolute atomic E-state index is 0.0291. The lowest BCUT2D eigenvalue weighted by molar-refractivity contribution is -0.136. The molecule has 5 rings (SSSR count). The van der Waals surface area contributed by atoms with E-state index in [-0.39, 0.29) is 23.5 Å². The zero-order chi connectivity index (χ0) is 21.8. The van der Waals surface area contributed by atoms with Crippen LogP contribution in [0.4, 0.5) is 13.2 Å². The summed E-state index contributed by atoms with van der Waals surface area (Å²) in [6.07, 6.45) is 0.366. The molecule has 1 aliphatic rings. The molecule has 1 N–H and O–H groups in total. The van der Waals surface area contributed by atoms with Crippen molar-refractivity contribution >= 4 is 27.4 Å². The predicted octanol–water partition coefficient (Wildman–Crippen LogP) is 5.80. The van der Waals surface area contributed by atoms with Gasteiger partial charge in [-0.1, -0.05) is 6.07 Å². The van der Waals surface area contributed by atoms with Gasteiger partial charge in [0, 0.05) is 34.0 Å². The second-order valence-corrected chi connectivity index (χ2v) is 8.43. The first-order chi connectivity index (χ1) is 14.8. The number of carbonyl (C=O) groups is 1. The van der Waals surface area contributed by atoms with E-state index in [1.807, 2.05) is 0 Å². The molecule has 1 saturated carbocycles. The van der Waals surface area contributed by atoms with Gasteiger partial charge in [0.15, 0.2) is 5.69 Å². The smallest absolute Gasteiger partial charge is 0.417 e. The standard InChI is InChI=1S/C22H16F3N3O2S/c23-22(24,25)15-4-1-5-16-17(15)14(11-31-16)10-28-19(21(29)30)18(12-6-7-12)27-20(28)13-3-2-8-26-9-13/h1-5,8-9,11-12H,6-7,10H2,(H,29,30). The van der Waals surface area contributed by atoms with E-state index < -0.39 is 17.7 Å². The van der Waals surface area contributed by atoms with Crippen molar-refractivity contribution in [1.82, 2.24) is 14.5 Å². The van der Waals surface area contributed by atoms with Gasteiger partial charge in [-0.25, -0.2) is 9.78 Å². The SMILES string of the molecule is O=C(O)c1c(C2CC2)nc(-c2cccnc2)n1Cc1csc2cccc(C(F)(F)F)c12. The third-order valence-electron chi connectivity index (χ3n) is 5.39. The van der Waals surface area contributed by atoms with Crippen LogP contribution >= 0.6 is 11.3 Å². The molecule has 0 amide bonds. The molecule has 0 atom stereocenters. The minimum Gasteiger partial charge on any atom is -0.477 e. The van der Waals surface area contributed by atoms with Gasteiger partial charge < -0.3 is 9.67 Å². The topological polar surface area (TPSA) is 68.0 Å². The third-order valence-corrected chi connectivity index (χ3v) is 6.39. The number of alkyl halides is 3. The molecular weight excluding hydrogens is 427 g/mol. The Morgan fingerprint density at radius 1 is 1.23 bits per heavy atom. The van der Waals surface area contributed by atoms with Crippen molar-refractivity contribution in [3.63, 3.8) is 0 Å². The average molecular weight is 443 g/mol. The van der Waals surface area contributed by atoms with Gasteiger partial charge in [-0.2, -0.15) is 13.2 Å². The molecule has 1 fully saturated rings. The zero-order valence-electron chi connectivity index (χ0n) is 16.1. The number of aromatic nitrogens is 3. The van der Waals surface area contributed by atoms with Crippen LogP contribution in [-0.4, -0.2) is 25.6 Å². The molecule has 31 heavy (non-hydrogen) atoms. The second-order valence-electron chi connectivity index (χ2n) is 7.51. The van der Waals surface area contributed by atoms with Crippen molar-refractivity contribution in [1.29, 1.82) is 0 Å². The molecule has 1 aliphatic carbocycles. The highest BCUT2D eigenvalue weighted by atomic mass is 32.1. The van der Waals surface area contributed by atoms with Crippen LogP contribution in [0.5, 0.6) is 0 Å². The van der Waals surface area contributed by atoms with Crippen LogP contribution in [0.25, 0.3) is 21.5 Å². The van der Waals surface area contributed by atoms with Gasteiger partial charge in [0.2, 0.25) is 0 Å². The summed E-state index contributed by atoms with van der Waals surface area (Å²) in [4.78, 5) is 20.9. The molecular formula is C22H16F3N3O2S. The van der Waals surface area contributed by atoms with E-state index >= 15 is 0 Å². The Hall–Kier alpha value is -3.20. The average Bonchev–Trinajstić information content (AvgIpc) is 3.40. The first-order valence-electron chi connectivity index (χ1n) is 9.65. The molecule has 9 heteroatoms. The molecule has 3 heterocycles. The summed E-state index contributed by atoms with van der Waals surface area (Å²) in [6, 6.07) is 7.57. The molecule has 4 aromatic rings. The lowest BCUT2D eigenvalue weighted by atomic mass is 10.1. The summed E-state index contributed by atoms with van der Waals surface area (Å²) >= 11 is 1.21. The van der Waals surface area contributed by atoms with Crippen LogP contribution in [-0.2, 0) is 12.7 Å². The minimum atomic E-state index is -4.51. The molecule has 5 nitrogen and oxygen atoms in total. The number of halogens is 3. The Kier molecular flexibility index (Phi) is 4.58. The summed E-state index contributed by atoms with van der Waals surface area (Å²) in [5.41, 5.74) is 0.837. The number of carboxylic acids is 1. The van der Waals surface area contributed by atoms with Crippen LogP contribution < -0.4 is 0 Å². The fraction of sp³-hybridized carbons (Fsp3) is 0.227. The second kappa shape index (κ2) is 7.19. The normalized spacial score (nSPS) is 14.3. The zero-order valence-corrected chi connectivity index (χ0v) is 16.9. The van der Waals surface area contributed by atoms with Crippen molar-refractivity contribution in [2.45, 2.75) is 31.5 Å². The number of nitrogens with zero attached hydrogens (tertiary/aromatic N) is 3. The van der Waals surface area contributed by atoms with Crippen molar-refractivity contribution in [2.24, 2.45) is 0 Å². The molecule has 0 unspecified atom stereocenters. The van der Waals surface area contributed by atoms with Crippen LogP contribution in [0.3, 0.4) is 0 Å². The first-order valence-corrected chi connectivity index (χ1v) is 10.5. The van der Waals surface area contributed by atoms with Crippen LogP contribution in [0, 0.1) is 0 Å². The van der Waals surface area contributed by atoms with Gasteiger partial charge in [0.25, 0.3) is 0 Å². The van der Waals surface area contributed by atoms with Crippen molar-refractivity contribution in [2.75, 3.05) is 0 Å². The van der Waals surface area contributed by atoms with Gasteiger partial charge in [-0.05, 0) is 48.1 Å². The number of hydrogen-bond acceptors (Lipinski definition) is 4. The summed E-state index contributed by atoms with van der Waals surface area (Å²) in [6.45, 7) is -0.0291. The highest BCUT2D eigenvalue weighted by molar-refractivity contribution is 7.17. The quantitative estimate of drug-likeness (QED) is 0.423. The molecule has 0 radical (unpaired) electrons. The van der Waals surface area contributed by atoms with Crippen molar-refractivity contribution in [3.05, 3.63) is 70.6 Å². The van der Waals surface area contributed by atoms with E-state index in [9.17, 15) is 23.1 Å². The maximum absolute atomic E-state index is 13.7. The largest absolute Gasteiger partial charge is 0.477 e. The van der Waals surface area contributed by atoms with E-state index in [0.29, 0.717) is 27.3 Å². The Balaban J connectivity index is 1.72. The van der Waals surface area contributed by atoms with Gasteiger partial charge in [0.05, 0.1) is 17.8 Å². The maximum Gasteiger partial charge on any atom is 0.417 e.